The summed E-state index contributed by atoms with van der Waals surface area (Å²) in [5, 5.41) is 4.07. The number of fused-ring (bicyclic) bond motifs is 1. The third-order valence-electron chi connectivity index (χ3n) is 5.29. The van der Waals surface area contributed by atoms with Gasteiger partial charge in [0.1, 0.15) is 17.9 Å². The van der Waals surface area contributed by atoms with Gasteiger partial charge in [-0.25, -0.2) is 9.97 Å². The number of carbonyl (C=O) groups is 1. The van der Waals surface area contributed by atoms with E-state index in [9.17, 15) is 4.79 Å². The van der Waals surface area contributed by atoms with Crippen LogP contribution in [-0.2, 0) is 6.54 Å². The number of halogens is 1. The minimum Gasteiger partial charge on any atom is -0.493 e. The predicted octanol–water partition coefficient (Wildman–Crippen LogP) is 4.51. The first-order valence-corrected chi connectivity index (χ1v) is 10.5. The first kappa shape index (κ1) is 20.7. The molecular formula is C21H23IN4O4. The molecule has 1 aromatic carbocycles. The van der Waals surface area contributed by atoms with E-state index in [2.05, 4.69) is 22.2 Å². The molecule has 3 aromatic rings. The van der Waals surface area contributed by atoms with Gasteiger partial charge in [0.05, 0.1) is 54.6 Å². The Labute approximate surface area is 188 Å². The van der Waals surface area contributed by atoms with E-state index in [0.717, 1.165) is 18.4 Å². The lowest BCUT2D eigenvalue weighted by molar-refractivity contribution is 0.0883. The topological polar surface area (TPSA) is 89.7 Å². The molecule has 1 aliphatic carbocycles. The van der Waals surface area contributed by atoms with Gasteiger partial charge in [0, 0.05) is 5.54 Å². The number of aryl methyl sites for hydroxylation is 1. The standard InChI is InChI=1S/C21H23IN4O4/c1-12-16(17-18(25-21(2)7-8-21)23-11-24-19(17)30-12)20(27)26(22)10-13-5-6-14(28-3)15(9-13)29-4/h5-6,9,11H,7-8,10H2,1-4H3,(H,23,24,25). The van der Waals surface area contributed by atoms with Crippen LogP contribution in [0.2, 0.25) is 0 Å². The fraction of sp³-hybridized carbons (Fsp3) is 0.381. The summed E-state index contributed by atoms with van der Waals surface area (Å²) in [5.41, 5.74) is 1.82. The number of carbonyl (C=O) groups excluding carboxylic acids is 1. The maximum atomic E-state index is 13.4. The second-order valence-electron chi connectivity index (χ2n) is 7.64. The first-order chi connectivity index (χ1) is 14.3. The molecule has 1 aliphatic rings. The number of nitrogens with zero attached hydrogens (tertiary/aromatic N) is 3. The van der Waals surface area contributed by atoms with Gasteiger partial charge in [0.15, 0.2) is 11.5 Å². The Balaban J connectivity index is 1.65. The summed E-state index contributed by atoms with van der Waals surface area (Å²) in [5.74, 6) is 2.26. The van der Waals surface area contributed by atoms with Crippen LogP contribution in [0.1, 0.15) is 41.4 Å². The van der Waals surface area contributed by atoms with Crippen LogP contribution < -0.4 is 14.8 Å². The van der Waals surface area contributed by atoms with E-state index in [1.165, 1.54) is 6.33 Å². The maximum Gasteiger partial charge on any atom is 0.267 e. The van der Waals surface area contributed by atoms with Crippen LogP contribution in [0.15, 0.2) is 28.9 Å². The highest BCUT2D eigenvalue weighted by atomic mass is 127. The molecule has 0 spiro atoms. The summed E-state index contributed by atoms with van der Waals surface area (Å²) in [6.45, 7) is 4.30. The molecule has 2 heterocycles. The van der Waals surface area contributed by atoms with Gasteiger partial charge in [-0.15, -0.1) is 0 Å². The number of aromatic nitrogens is 2. The molecule has 4 rings (SSSR count). The average molecular weight is 522 g/mol. The summed E-state index contributed by atoms with van der Waals surface area (Å²) in [7, 11) is 3.18. The van der Waals surface area contributed by atoms with Crippen molar-refractivity contribution >= 4 is 45.7 Å². The first-order valence-electron chi connectivity index (χ1n) is 9.56. The second kappa shape index (κ2) is 7.93. The van der Waals surface area contributed by atoms with Gasteiger partial charge < -0.3 is 19.2 Å². The Morgan fingerprint density at radius 2 is 2.00 bits per heavy atom. The zero-order valence-corrected chi connectivity index (χ0v) is 19.4. The molecule has 0 aliphatic heterocycles. The van der Waals surface area contributed by atoms with E-state index in [-0.39, 0.29) is 11.4 Å². The van der Waals surface area contributed by atoms with Crippen molar-refractivity contribution in [2.24, 2.45) is 0 Å². The van der Waals surface area contributed by atoms with Crippen molar-refractivity contribution in [3.05, 3.63) is 41.4 Å². The van der Waals surface area contributed by atoms with Crippen molar-refractivity contribution in [2.45, 2.75) is 38.8 Å². The number of anilines is 1. The predicted molar refractivity (Wildman–Crippen MR) is 121 cm³/mol. The summed E-state index contributed by atoms with van der Waals surface area (Å²) < 4.78 is 18.1. The number of hydrogen-bond donors (Lipinski definition) is 1. The molecule has 2 aromatic heterocycles. The highest BCUT2D eigenvalue weighted by molar-refractivity contribution is 14.1. The molecule has 1 saturated carbocycles. The van der Waals surface area contributed by atoms with Gasteiger partial charge in [-0.1, -0.05) is 6.07 Å². The molecule has 8 nitrogen and oxygen atoms in total. The summed E-state index contributed by atoms with van der Waals surface area (Å²) in [6, 6.07) is 5.60. The fourth-order valence-electron chi connectivity index (χ4n) is 3.33. The summed E-state index contributed by atoms with van der Waals surface area (Å²) in [4.78, 5) is 22.0. The van der Waals surface area contributed by atoms with Crippen LogP contribution in [0.25, 0.3) is 11.1 Å². The Morgan fingerprint density at radius 1 is 1.27 bits per heavy atom. The summed E-state index contributed by atoms with van der Waals surface area (Å²) >= 11 is 2.02. The number of methoxy groups -OCH3 is 2. The van der Waals surface area contributed by atoms with E-state index in [4.69, 9.17) is 13.9 Å². The maximum absolute atomic E-state index is 13.4. The molecule has 1 fully saturated rings. The van der Waals surface area contributed by atoms with Crippen LogP contribution in [0.3, 0.4) is 0 Å². The number of furan rings is 1. The third kappa shape index (κ3) is 3.90. The molecule has 0 unspecified atom stereocenters. The average Bonchev–Trinajstić information content (AvgIpc) is 3.35. The smallest absolute Gasteiger partial charge is 0.267 e. The Hall–Kier alpha value is -2.56. The van der Waals surface area contributed by atoms with Gasteiger partial charge in [0.2, 0.25) is 5.71 Å². The summed E-state index contributed by atoms with van der Waals surface area (Å²) in [6.07, 6.45) is 3.59. The molecule has 0 bridgehead atoms. The number of hydrogen-bond acceptors (Lipinski definition) is 7. The minimum atomic E-state index is -0.166. The van der Waals surface area contributed by atoms with Gasteiger partial charge in [-0.3, -0.25) is 7.91 Å². The lowest BCUT2D eigenvalue weighted by Gasteiger charge is -2.17. The number of benzene rings is 1. The van der Waals surface area contributed by atoms with Crippen molar-refractivity contribution in [3.8, 4) is 11.5 Å². The molecule has 9 heteroatoms. The Morgan fingerprint density at radius 3 is 2.67 bits per heavy atom. The molecule has 0 atom stereocenters. The molecule has 1 amide bonds. The lowest BCUT2D eigenvalue weighted by atomic mass is 10.1. The number of nitrogens with one attached hydrogen (secondary N) is 1. The van der Waals surface area contributed by atoms with Crippen LogP contribution in [0, 0.1) is 6.92 Å². The quantitative estimate of drug-likeness (QED) is 0.361. The van der Waals surface area contributed by atoms with Crippen molar-refractivity contribution in [1.29, 1.82) is 0 Å². The van der Waals surface area contributed by atoms with Gasteiger partial charge >= 0.3 is 0 Å². The molecule has 30 heavy (non-hydrogen) atoms. The van der Waals surface area contributed by atoms with E-state index in [0.29, 0.717) is 46.3 Å². The largest absolute Gasteiger partial charge is 0.493 e. The highest BCUT2D eigenvalue weighted by Gasteiger charge is 2.38. The fourth-order valence-corrected chi connectivity index (χ4v) is 3.96. The van der Waals surface area contributed by atoms with E-state index in [1.54, 1.807) is 24.3 Å². The Kier molecular flexibility index (Phi) is 5.48. The molecule has 1 N–H and O–H groups in total. The number of rotatable bonds is 7. The van der Waals surface area contributed by atoms with Crippen molar-refractivity contribution in [1.82, 2.24) is 13.1 Å². The monoisotopic (exact) mass is 522 g/mol. The molecule has 0 saturated heterocycles. The highest BCUT2D eigenvalue weighted by Crippen LogP contribution is 2.40. The van der Waals surface area contributed by atoms with E-state index in [1.807, 2.05) is 41.1 Å². The lowest BCUT2D eigenvalue weighted by Crippen LogP contribution is -2.22. The third-order valence-corrected chi connectivity index (χ3v) is 6.07. The Bertz CT molecular complexity index is 1110. The zero-order chi connectivity index (χ0) is 21.5. The van der Waals surface area contributed by atoms with Gasteiger partial charge in [-0.2, -0.15) is 0 Å². The van der Waals surface area contributed by atoms with Crippen molar-refractivity contribution in [2.75, 3.05) is 19.5 Å². The molecular weight excluding hydrogens is 499 g/mol. The van der Waals surface area contributed by atoms with E-state index < -0.39 is 0 Å². The zero-order valence-electron chi connectivity index (χ0n) is 17.3. The number of amides is 1. The van der Waals surface area contributed by atoms with Crippen LogP contribution in [0.4, 0.5) is 5.82 Å². The van der Waals surface area contributed by atoms with Crippen LogP contribution in [-0.4, -0.2) is 38.7 Å². The van der Waals surface area contributed by atoms with E-state index >= 15 is 0 Å². The molecule has 0 radical (unpaired) electrons. The number of ether oxygens (including phenoxy) is 2. The van der Waals surface area contributed by atoms with Gasteiger partial charge in [-0.05, 0) is 44.4 Å². The van der Waals surface area contributed by atoms with Crippen molar-refractivity contribution < 1.29 is 18.7 Å². The SMILES string of the molecule is COc1ccc(CN(I)C(=O)c2c(C)oc3ncnc(NC4(C)CC4)c23)cc1OC. The van der Waals surface area contributed by atoms with Crippen LogP contribution in [0.5, 0.6) is 11.5 Å². The molecule has 158 valence electrons. The van der Waals surface area contributed by atoms with Crippen LogP contribution >= 0.6 is 22.9 Å². The van der Waals surface area contributed by atoms with Crippen molar-refractivity contribution in [3.63, 3.8) is 0 Å². The van der Waals surface area contributed by atoms with Gasteiger partial charge in [0.25, 0.3) is 5.91 Å². The normalized spacial score (nSPS) is 14.4. The second-order valence-corrected chi connectivity index (χ2v) is 8.80. The minimum absolute atomic E-state index is 0.0104.